The lowest BCUT2D eigenvalue weighted by molar-refractivity contribution is 0.237. The predicted octanol–water partition coefficient (Wildman–Crippen LogP) is 2.77. The zero-order valence-corrected chi connectivity index (χ0v) is 15.0. The molecule has 24 heavy (non-hydrogen) atoms. The Kier molecular flexibility index (Phi) is 7.21. The minimum Gasteiger partial charge on any atom is -0.396 e. The molecule has 2 aromatic rings. The SMILES string of the molecule is Cc1nc(C)c(CCNC(=O)NCC(CCO)c2ccccc2)s1. The number of aliphatic hydroxyl groups excluding tert-OH is 1. The number of carbonyl (C=O) groups is 1. The number of aromatic nitrogens is 1. The van der Waals surface area contributed by atoms with Gasteiger partial charge in [-0.05, 0) is 25.8 Å². The summed E-state index contributed by atoms with van der Waals surface area (Å²) in [4.78, 5) is 17.6. The number of amides is 2. The van der Waals surface area contributed by atoms with Gasteiger partial charge in [0.25, 0.3) is 0 Å². The van der Waals surface area contributed by atoms with E-state index in [1.807, 2.05) is 44.2 Å². The highest BCUT2D eigenvalue weighted by Crippen LogP contribution is 2.18. The molecule has 0 saturated heterocycles. The van der Waals surface area contributed by atoms with Crippen molar-refractivity contribution in [2.45, 2.75) is 32.6 Å². The van der Waals surface area contributed by atoms with Crippen LogP contribution < -0.4 is 10.6 Å². The average Bonchev–Trinajstić information content (AvgIpc) is 2.90. The standard InChI is InChI=1S/C18H25N3O2S/c1-13-17(24-14(2)21-13)8-10-19-18(23)20-12-16(9-11-22)15-6-4-3-5-7-15/h3-7,16,22H,8-12H2,1-2H3,(H2,19,20,23). The lowest BCUT2D eigenvalue weighted by Crippen LogP contribution is -2.38. The van der Waals surface area contributed by atoms with Gasteiger partial charge < -0.3 is 15.7 Å². The Morgan fingerprint density at radius 3 is 2.62 bits per heavy atom. The van der Waals surface area contributed by atoms with Crippen molar-refractivity contribution < 1.29 is 9.90 Å². The number of thiazole rings is 1. The summed E-state index contributed by atoms with van der Waals surface area (Å²) >= 11 is 1.68. The van der Waals surface area contributed by atoms with E-state index in [9.17, 15) is 9.90 Å². The molecule has 5 nitrogen and oxygen atoms in total. The molecule has 2 rings (SSSR count). The van der Waals surface area contributed by atoms with Gasteiger partial charge in [0.05, 0.1) is 10.7 Å². The Bertz CT molecular complexity index is 643. The number of aryl methyl sites for hydroxylation is 2. The molecular weight excluding hydrogens is 322 g/mol. The van der Waals surface area contributed by atoms with Gasteiger partial charge in [-0.25, -0.2) is 9.78 Å². The van der Waals surface area contributed by atoms with Gasteiger partial charge >= 0.3 is 6.03 Å². The van der Waals surface area contributed by atoms with Crippen LogP contribution in [0.1, 0.15) is 33.5 Å². The van der Waals surface area contributed by atoms with Crippen LogP contribution in [0, 0.1) is 13.8 Å². The minimum absolute atomic E-state index is 0.104. The second kappa shape index (κ2) is 9.39. The number of benzene rings is 1. The molecule has 0 spiro atoms. The summed E-state index contributed by atoms with van der Waals surface area (Å²) in [6, 6.07) is 9.78. The molecule has 0 aliphatic carbocycles. The van der Waals surface area contributed by atoms with Crippen molar-refractivity contribution in [3.05, 3.63) is 51.5 Å². The highest BCUT2D eigenvalue weighted by molar-refractivity contribution is 7.11. The van der Waals surface area contributed by atoms with E-state index in [1.54, 1.807) is 11.3 Å². The summed E-state index contributed by atoms with van der Waals surface area (Å²) < 4.78 is 0. The summed E-state index contributed by atoms with van der Waals surface area (Å²) in [5, 5.41) is 16.1. The van der Waals surface area contributed by atoms with Crippen molar-refractivity contribution in [2.75, 3.05) is 19.7 Å². The number of rotatable bonds is 8. The largest absolute Gasteiger partial charge is 0.396 e. The first-order valence-electron chi connectivity index (χ1n) is 8.20. The Hall–Kier alpha value is -1.92. The number of urea groups is 1. The predicted molar refractivity (Wildman–Crippen MR) is 97.6 cm³/mol. The molecular formula is C18H25N3O2S. The normalized spacial score (nSPS) is 12.0. The van der Waals surface area contributed by atoms with Gasteiger partial charge in [-0.15, -0.1) is 11.3 Å². The van der Waals surface area contributed by atoms with Crippen LogP contribution in [-0.4, -0.2) is 35.8 Å². The first kappa shape index (κ1) is 18.4. The van der Waals surface area contributed by atoms with Gasteiger partial charge in [0.15, 0.2) is 0 Å². The molecule has 3 N–H and O–H groups in total. The molecule has 0 aliphatic rings. The summed E-state index contributed by atoms with van der Waals surface area (Å²) in [5.74, 6) is 0.119. The molecule has 0 radical (unpaired) electrons. The number of nitrogens with one attached hydrogen (secondary N) is 2. The van der Waals surface area contributed by atoms with Crippen LogP contribution in [-0.2, 0) is 6.42 Å². The van der Waals surface area contributed by atoms with Crippen molar-refractivity contribution >= 4 is 17.4 Å². The highest BCUT2D eigenvalue weighted by Gasteiger charge is 2.12. The van der Waals surface area contributed by atoms with Crippen LogP contribution in [0.2, 0.25) is 0 Å². The van der Waals surface area contributed by atoms with Crippen LogP contribution in [0.3, 0.4) is 0 Å². The average molecular weight is 347 g/mol. The fourth-order valence-corrected chi connectivity index (χ4v) is 3.58. The van der Waals surface area contributed by atoms with Crippen LogP contribution in [0.4, 0.5) is 4.79 Å². The number of aliphatic hydroxyl groups is 1. The summed E-state index contributed by atoms with van der Waals surface area (Å²) in [5.41, 5.74) is 2.18. The molecule has 130 valence electrons. The number of hydrogen-bond acceptors (Lipinski definition) is 4. The molecule has 1 atom stereocenters. The molecule has 0 fully saturated rings. The van der Waals surface area contributed by atoms with E-state index in [1.165, 1.54) is 4.88 Å². The summed E-state index contributed by atoms with van der Waals surface area (Å²) in [7, 11) is 0. The second-order valence-electron chi connectivity index (χ2n) is 5.75. The lowest BCUT2D eigenvalue weighted by atomic mass is 9.96. The fourth-order valence-electron chi connectivity index (χ4n) is 2.64. The van der Waals surface area contributed by atoms with Crippen molar-refractivity contribution in [3.63, 3.8) is 0 Å². The number of hydrogen-bond donors (Lipinski definition) is 3. The van der Waals surface area contributed by atoms with Gasteiger partial charge in [0, 0.05) is 36.9 Å². The zero-order valence-electron chi connectivity index (χ0n) is 14.2. The molecule has 1 heterocycles. The molecule has 0 aliphatic heterocycles. The second-order valence-corrected chi connectivity index (χ2v) is 7.04. The maximum Gasteiger partial charge on any atom is 0.314 e. The van der Waals surface area contributed by atoms with E-state index >= 15 is 0 Å². The molecule has 2 amide bonds. The minimum atomic E-state index is -0.173. The molecule has 1 aromatic carbocycles. The van der Waals surface area contributed by atoms with Crippen LogP contribution >= 0.6 is 11.3 Å². The van der Waals surface area contributed by atoms with E-state index in [0.717, 1.165) is 22.7 Å². The van der Waals surface area contributed by atoms with E-state index in [0.29, 0.717) is 19.5 Å². The third kappa shape index (κ3) is 5.62. The highest BCUT2D eigenvalue weighted by atomic mass is 32.1. The molecule has 1 unspecified atom stereocenters. The first-order valence-corrected chi connectivity index (χ1v) is 9.02. The molecule has 6 heteroatoms. The summed E-state index contributed by atoms with van der Waals surface area (Å²) in [6.07, 6.45) is 1.42. The van der Waals surface area contributed by atoms with E-state index in [4.69, 9.17) is 0 Å². The van der Waals surface area contributed by atoms with Crippen LogP contribution in [0.5, 0.6) is 0 Å². The maximum absolute atomic E-state index is 12.0. The third-order valence-corrected chi connectivity index (χ3v) is 5.03. The topological polar surface area (TPSA) is 74.2 Å². The van der Waals surface area contributed by atoms with E-state index < -0.39 is 0 Å². The zero-order chi connectivity index (χ0) is 17.4. The molecule has 0 bridgehead atoms. The fraction of sp³-hybridized carbons (Fsp3) is 0.444. The van der Waals surface area contributed by atoms with E-state index in [2.05, 4.69) is 15.6 Å². The van der Waals surface area contributed by atoms with Crippen molar-refractivity contribution in [3.8, 4) is 0 Å². The number of nitrogens with zero attached hydrogens (tertiary/aromatic N) is 1. The van der Waals surface area contributed by atoms with Gasteiger partial charge in [-0.3, -0.25) is 0 Å². The monoisotopic (exact) mass is 347 g/mol. The molecule has 1 aromatic heterocycles. The Morgan fingerprint density at radius 2 is 2.00 bits per heavy atom. The van der Waals surface area contributed by atoms with E-state index in [-0.39, 0.29) is 18.6 Å². The van der Waals surface area contributed by atoms with Crippen molar-refractivity contribution in [2.24, 2.45) is 0 Å². The first-order chi connectivity index (χ1) is 11.6. The quantitative estimate of drug-likeness (QED) is 0.687. The van der Waals surface area contributed by atoms with Gasteiger partial charge in [-0.1, -0.05) is 30.3 Å². The molecule has 0 saturated carbocycles. The van der Waals surface area contributed by atoms with Crippen LogP contribution in [0.25, 0.3) is 0 Å². The van der Waals surface area contributed by atoms with Crippen molar-refractivity contribution in [1.82, 2.24) is 15.6 Å². The number of carbonyl (C=O) groups excluding carboxylic acids is 1. The van der Waals surface area contributed by atoms with Gasteiger partial charge in [-0.2, -0.15) is 0 Å². The van der Waals surface area contributed by atoms with Gasteiger partial charge in [0.1, 0.15) is 0 Å². The Balaban J connectivity index is 1.76. The Morgan fingerprint density at radius 1 is 1.25 bits per heavy atom. The van der Waals surface area contributed by atoms with Gasteiger partial charge in [0.2, 0.25) is 0 Å². The van der Waals surface area contributed by atoms with Crippen molar-refractivity contribution in [1.29, 1.82) is 0 Å². The Labute approximate surface area is 147 Å². The maximum atomic E-state index is 12.0. The lowest BCUT2D eigenvalue weighted by Gasteiger charge is -2.17. The van der Waals surface area contributed by atoms with Crippen LogP contribution in [0.15, 0.2) is 30.3 Å². The third-order valence-electron chi connectivity index (χ3n) is 3.89. The smallest absolute Gasteiger partial charge is 0.314 e. The summed E-state index contributed by atoms with van der Waals surface area (Å²) in [6.45, 7) is 5.19.